The molecule has 0 aromatic heterocycles. The molecule has 2 atom stereocenters. The monoisotopic (exact) mass is 416 g/mol. The molecule has 1 aliphatic heterocycles. The summed E-state index contributed by atoms with van der Waals surface area (Å²) in [5.74, 6) is 2.16. The number of hydrogen-bond acceptors (Lipinski definition) is 2. The molecule has 2 unspecified atom stereocenters. The first-order valence-corrected chi connectivity index (χ1v) is 13.1. The molecular weight excluding hydrogens is 380 g/mol. The Morgan fingerprint density at radius 1 is 0.931 bits per heavy atom. The average Bonchev–Trinajstić information content (AvgIpc) is 2.74. The van der Waals surface area contributed by atoms with Gasteiger partial charge < -0.3 is 4.90 Å². The first kappa shape index (κ1) is 20.9. The van der Waals surface area contributed by atoms with Crippen molar-refractivity contribution in [3.8, 4) is 0 Å². The third kappa shape index (κ3) is 5.04. The summed E-state index contributed by atoms with van der Waals surface area (Å²) in [5.41, 5.74) is 1.07. The molecule has 3 aliphatic rings. The van der Waals surface area contributed by atoms with E-state index in [0.29, 0.717) is 16.9 Å². The number of rotatable bonds is 4. The van der Waals surface area contributed by atoms with Gasteiger partial charge in [0.25, 0.3) is 10.0 Å². The van der Waals surface area contributed by atoms with Crippen LogP contribution in [0, 0.1) is 18.8 Å². The highest BCUT2D eigenvalue weighted by Crippen LogP contribution is 2.37. The van der Waals surface area contributed by atoms with E-state index in [1.807, 2.05) is 19.1 Å². The maximum atomic E-state index is 13.2. The molecule has 0 N–H and O–H groups in total. The predicted octanol–water partition coefficient (Wildman–Crippen LogP) is 5.71. The maximum Gasteiger partial charge on any atom is 0.283 e. The van der Waals surface area contributed by atoms with Crippen molar-refractivity contribution >= 4 is 15.9 Å². The minimum absolute atomic E-state index is 0.321. The summed E-state index contributed by atoms with van der Waals surface area (Å²) >= 11 is 0. The lowest BCUT2D eigenvalue weighted by Gasteiger charge is -2.46. The number of piperidine rings is 1. The number of hydrogen-bond donors (Lipinski definition) is 0. The highest BCUT2D eigenvalue weighted by molar-refractivity contribution is 7.90. The van der Waals surface area contributed by atoms with Crippen molar-refractivity contribution in [1.29, 1.82) is 0 Å². The second-order valence-corrected chi connectivity index (χ2v) is 11.1. The van der Waals surface area contributed by atoms with Crippen LogP contribution in [0.25, 0.3) is 0 Å². The zero-order valence-electron chi connectivity index (χ0n) is 17.9. The van der Waals surface area contributed by atoms with Crippen molar-refractivity contribution < 1.29 is 8.42 Å². The largest absolute Gasteiger partial charge is 0.356 e. The molecule has 2 aliphatic carbocycles. The van der Waals surface area contributed by atoms with Crippen molar-refractivity contribution in [2.45, 2.75) is 94.9 Å². The molecule has 0 radical (unpaired) electrons. The minimum Gasteiger partial charge on any atom is -0.356 e. The van der Waals surface area contributed by atoms with E-state index in [2.05, 4.69) is 9.30 Å². The Kier molecular flexibility index (Phi) is 6.63. The summed E-state index contributed by atoms with van der Waals surface area (Å²) < 4.78 is 30.9. The Morgan fingerprint density at radius 3 is 2.34 bits per heavy atom. The van der Waals surface area contributed by atoms with Crippen LogP contribution < -0.4 is 0 Å². The first-order valence-electron chi connectivity index (χ1n) is 11.7. The molecule has 0 bridgehead atoms. The Hall–Kier alpha value is -1.36. The Labute approximate surface area is 176 Å². The van der Waals surface area contributed by atoms with E-state index in [9.17, 15) is 8.42 Å². The van der Waals surface area contributed by atoms with Crippen LogP contribution in [0.1, 0.15) is 82.6 Å². The number of benzene rings is 1. The fourth-order valence-corrected chi connectivity index (χ4v) is 6.75. The summed E-state index contributed by atoms with van der Waals surface area (Å²) in [6, 6.07) is 7.62. The van der Waals surface area contributed by atoms with E-state index in [-0.39, 0.29) is 0 Å². The molecule has 4 nitrogen and oxygen atoms in total. The van der Waals surface area contributed by atoms with Crippen molar-refractivity contribution in [3.05, 3.63) is 29.8 Å². The molecule has 5 heteroatoms. The number of fused-ring (bicyclic) bond motifs is 1. The van der Waals surface area contributed by atoms with Crippen LogP contribution >= 0.6 is 0 Å². The first-order chi connectivity index (χ1) is 14.0. The van der Waals surface area contributed by atoms with Gasteiger partial charge >= 0.3 is 0 Å². The number of likely N-dealkylation sites (tertiary alicyclic amines) is 1. The molecule has 3 fully saturated rings. The van der Waals surface area contributed by atoms with E-state index < -0.39 is 10.0 Å². The van der Waals surface area contributed by atoms with Gasteiger partial charge in [-0.25, -0.2) is 0 Å². The maximum absolute atomic E-state index is 13.2. The Balaban J connectivity index is 1.65. The van der Waals surface area contributed by atoms with Crippen LogP contribution in [0.15, 0.2) is 33.6 Å². The Morgan fingerprint density at radius 2 is 1.59 bits per heavy atom. The van der Waals surface area contributed by atoms with Gasteiger partial charge in [-0.15, -0.1) is 4.40 Å². The van der Waals surface area contributed by atoms with Crippen LogP contribution in [0.3, 0.4) is 0 Å². The average molecular weight is 417 g/mol. The second-order valence-electron chi connectivity index (χ2n) is 9.45. The lowest BCUT2D eigenvalue weighted by atomic mass is 9.77. The smallest absolute Gasteiger partial charge is 0.283 e. The molecule has 0 amide bonds. The van der Waals surface area contributed by atoms with E-state index in [1.165, 1.54) is 64.2 Å². The number of amidine groups is 1. The van der Waals surface area contributed by atoms with E-state index >= 15 is 0 Å². The minimum atomic E-state index is -3.67. The van der Waals surface area contributed by atoms with Gasteiger partial charge in [-0.2, -0.15) is 8.42 Å². The summed E-state index contributed by atoms with van der Waals surface area (Å²) in [6.45, 7) is 2.95. The van der Waals surface area contributed by atoms with Gasteiger partial charge in [0.2, 0.25) is 0 Å². The number of nitrogens with zero attached hydrogens (tertiary/aromatic N) is 2. The van der Waals surface area contributed by atoms with Crippen molar-refractivity contribution in [3.63, 3.8) is 0 Å². The quantitative estimate of drug-likeness (QED) is 0.467. The van der Waals surface area contributed by atoms with Gasteiger partial charge in [0.1, 0.15) is 5.84 Å². The normalized spacial score (nSPS) is 26.9. The summed E-state index contributed by atoms with van der Waals surface area (Å²) in [7, 11) is -3.67. The molecule has 29 heavy (non-hydrogen) atoms. The molecule has 1 heterocycles. The molecule has 1 aromatic rings. The molecule has 0 spiro atoms. The van der Waals surface area contributed by atoms with Gasteiger partial charge in [-0.3, -0.25) is 0 Å². The SMILES string of the molecule is Cc1ccc(S(=O)(=O)N=C(CC2CCCCC2)N2CCCC3CCCCC32)cc1. The fraction of sp³-hybridized carbons (Fsp3) is 0.708. The number of aryl methyl sites for hydroxylation is 1. The van der Waals surface area contributed by atoms with Gasteiger partial charge in [-0.05, 0) is 56.6 Å². The highest BCUT2D eigenvalue weighted by Gasteiger charge is 2.36. The lowest BCUT2D eigenvalue weighted by Crippen LogP contribution is -2.50. The third-order valence-electron chi connectivity index (χ3n) is 7.32. The lowest BCUT2D eigenvalue weighted by molar-refractivity contribution is 0.116. The van der Waals surface area contributed by atoms with Crippen LogP contribution in [0.2, 0.25) is 0 Å². The molecule has 160 valence electrons. The topological polar surface area (TPSA) is 49.7 Å². The zero-order valence-corrected chi connectivity index (χ0v) is 18.7. The zero-order chi connectivity index (χ0) is 20.3. The van der Waals surface area contributed by atoms with Crippen LogP contribution in [0.4, 0.5) is 0 Å². The van der Waals surface area contributed by atoms with E-state index in [0.717, 1.165) is 36.7 Å². The fourth-order valence-electron chi connectivity index (χ4n) is 5.70. The summed E-state index contributed by atoms with van der Waals surface area (Å²) in [6.07, 6.45) is 14.7. The molecule has 4 rings (SSSR count). The van der Waals surface area contributed by atoms with Crippen molar-refractivity contribution in [1.82, 2.24) is 4.90 Å². The van der Waals surface area contributed by atoms with Crippen LogP contribution in [-0.2, 0) is 10.0 Å². The predicted molar refractivity (Wildman–Crippen MR) is 119 cm³/mol. The van der Waals surface area contributed by atoms with Crippen LogP contribution in [-0.4, -0.2) is 31.7 Å². The van der Waals surface area contributed by atoms with E-state index in [1.54, 1.807) is 12.1 Å². The van der Waals surface area contributed by atoms with Crippen molar-refractivity contribution in [2.24, 2.45) is 16.2 Å². The summed E-state index contributed by atoms with van der Waals surface area (Å²) in [5, 5.41) is 0. The second kappa shape index (κ2) is 9.20. The number of sulfonamides is 1. The molecular formula is C24H36N2O2S. The van der Waals surface area contributed by atoms with Crippen LogP contribution in [0.5, 0.6) is 0 Å². The standard InChI is InChI=1S/C24H36N2O2S/c1-19-13-15-22(16-14-19)29(27,28)25-24(18-20-8-3-2-4-9-20)26-17-7-11-21-10-5-6-12-23(21)26/h13-16,20-21,23H,2-12,17-18H2,1H3. The van der Waals surface area contributed by atoms with E-state index in [4.69, 9.17) is 0 Å². The van der Waals surface area contributed by atoms with Gasteiger partial charge in [0.15, 0.2) is 0 Å². The molecule has 1 aromatic carbocycles. The Bertz CT molecular complexity index is 808. The van der Waals surface area contributed by atoms with Gasteiger partial charge in [-0.1, -0.05) is 62.6 Å². The highest BCUT2D eigenvalue weighted by atomic mass is 32.2. The van der Waals surface area contributed by atoms with Gasteiger partial charge in [0, 0.05) is 19.0 Å². The third-order valence-corrected chi connectivity index (χ3v) is 8.63. The molecule has 2 saturated carbocycles. The van der Waals surface area contributed by atoms with Gasteiger partial charge in [0.05, 0.1) is 4.90 Å². The summed E-state index contributed by atoms with van der Waals surface area (Å²) in [4.78, 5) is 2.75. The van der Waals surface area contributed by atoms with Crippen molar-refractivity contribution in [2.75, 3.05) is 6.54 Å². The molecule has 1 saturated heterocycles.